The van der Waals surface area contributed by atoms with Crippen molar-refractivity contribution in [2.75, 3.05) is 23.9 Å². The van der Waals surface area contributed by atoms with Crippen LogP contribution < -0.4 is 19.7 Å². The number of anilines is 2. The van der Waals surface area contributed by atoms with Gasteiger partial charge in [0.2, 0.25) is 5.60 Å². The van der Waals surface area contributed by atoms with E-state index in [-0.39, 0.29) is 6.54 Å². The number of amides is 1. The molecular weight excluding hydrogens is 591 g/mol. The Labute approximate surface area is 250 Å². The summed E-state index contributed by atoms with van der Waals surface area (Å²) in [6.07, 6.45) is -4.43. The van der Waals surface area contributed by atoms with E-state index < -0.39 is 35.6 Å². The third-order valence-electron chi connectivity index (χ3n) is 6.70. The minimum absolute atomic E-state index is 0.251. The number of hydrogen-bond acceptors (Lipinski definition) is 7. The Bertz CT molecular complexity index is 1540. The Morgan fingerprint density at radius 2 is 1.74 bits per heavy atom. The molecule has 0 aliphatic carbocycles. The minimum Gasteiger partial charge on any atom is -0.497 e. The summed E-state index contributed by atoms with van der Waals surface area (Å²) in [4.78, 5) is 32.1. The predicted octanol–water partition coefficient (Wildman–Crippen LogP) is 6.59. The number of nitrogens with zero attached hydrogens (tertiary/aromatic N) is 2. The first-order valence-corrected chi connectivity index (χ1v) is 13.4. The molecule has 0 saturated heterocycles. The molecule has 0 radical (unpaired) electrons. The quantitative estimate of drug-likeness (QED) is 0.195. The van der Waals surface area contributed by atoms with Crippen LogP contribution in [0.2, 0.25) is 5.02 Å². The molecule has 3 aromatic rings. The van der Waals surface area contributed by atoms with Crippen LogP contribution in [-0.2, 0) is 20.8 Å². The molecular formula is C30H29ClF3N3O6. The smallest absolute Gasteiger partial charge is 0.497 e. The van der Waals surface area contributed by atoms with Gasteiger partial charge in [-0.25, -0.2) is 4.79 Å². The van der Waals surface area contributed by atoms with Gasteiger partial charge in [-0.05, 0) is 68.7 Å². The number of alkyl halides is 3. The number of methoxy groups -OCH3 is 1. The highest BCUT2D eigenvalue weighted by Gasteiger charge is 2.35. The molecule has 43 heavy (non-hydrogen) atoms. The Kier molecular flexibility index (Phi) is 9.09. The molecule has 0 spiro atoms. The lowest BCUT2D eigenvalue weighted by atomic mass is 10.0. The average molecular weight is 620 g/mol. The number of carbonyl (C=O) groups excluding carboxylic acids is 1. The van der Waals surface area contributed by atoms with E-state index in [1.54, 1.807) is 49.4 Å². The van der Waals surface area contributed by atoms with Crippen LogP contribution in [0.3, 0.4) is 0 Å². The minimum atomic E-state index is -4.88. The second-order valence-electron chi connectivity index (χ2n) is 10.2. The van der Waals surface area contributed by atoms with E-state index in [1.165, 1.54) is 44.1 Å². The summed E-state index contributed by atoms with van der Waals surface area (Å²) in [6.45, 7) is 4.60. The molecule has 0 saturated carbocycles. The number of ether oxygens (including phenoxy) is 2. The molecule has 0 fully saturated rings. The molecule has 1 heterocycles. The summed E-state index contributed by atoms with van der Waals surface area (Å²) in [5, 5.41) is 17.0. The van der Waals surface area contributed by atoms with E-state index in [0.29, 0.717) is 51.0 Å². The molecule has 228 valence electrons. The van der Waals surface area contributed by atoms with Gasteiger partial charge in [0.15, 0.2) is 0 Å². The Morgan fingerprint density at radius 1 is 1.05 bits per heavy atom. The van der Waals surface area contributed by atoms with Crippen LogP contribution in [0, 0.1) is 0 Å². The van der Waals surface area contributed by atoms with Crippen molar-refractivity contribution >= 4 is 40.6 Å². The van der Waals surface area contributed by atoms with Gasteiger partial charge in [-0.1, -0.05) is 35.0 Å². The van der Waals surface area contributed by atoms with Crippen molar-refractivity contribution < 1.29 is 42.2 Å². The van der Waals surface area contributed by atoms with Gasteiger partial charge < -0.3 is 29.6 Å². The lowest BCUT2D eigenvalue weighted by molar-refractivity contribution is -0.274. The molecule has 2 N–H and O–H groups in total. The average Bonchev–Trinajstić information content (AvgIpc) is 3.37. The Hall–Kier alpha value is -4.45. The number of aliphatic carboxylic acids is 1. The molecule has 1 unspecified atom stereocenters. The first-order valence-electron chi connectivity index (χ1n) is 13.0. The summed E-state index contributed by atoms with van der Waals surface area (Å²) < 4.78 is 48.2. The van der Waals surface area contributed by atoms with Gasteiger partial charge in [-0.3, -0.25) is 4.79 Å². The number of carbonyl (C=O) groups is 2. The molecule has 1 aliphatic heterocycles. The first kappa shape index (κ1) is 31.5. The van der Waals surface area contributed by atoms with Crippen LogP contribution >= 0.6 is 11.6 Å². The summed E-state index contributed by atoms with van der Waals surface area (Å²) in [5.41, 5.74) is 1.32. The van der Waals surface area contributed by atoms with Crippen LogP contribution in [0.5, 0.6) is 11.5 Å². The fourth-order valence-corrected chi connectivity index (χ4v) is 4.46. The van der Waals surface area contributed by atoms with Crippen LogP contribution in [0.15, 0.2) is 65.8 Å². The van der Waals surface area contributed by atoms with Crippen LogP contribution in [-0.4, -0.2) is 48.3 Å². The normalized spacial score (nSPS) is 14.1. The molecule has 13 heteroatoms. The molecule has 3 aromatic carbocycles. The zero-order chi connectivity index (χ0) is 31.5. The van der Waals surface area contributed by atoms with Gasteiger partial charge in [-0.2, -0.15) is 0 Å². The molecule has 9 nitrogen and oxygen atoms in total. The first-order chi connectivity index (χ1) is 20.2. The second-order valence-corrected chi connectivity index (χ2v) is 10.7. The number of carboxylic acids is 1. The van der Waals surface area contributed by atoms with Gasteiger partial charge in [0, 0.05) is 35.0 Å². The maximum Gasteiger partial charge on any atom is 0.573 e. The molecule has 4 rings (SSSR count). The van der Waals surface area contributed by atoms with Crippen LogP contribution in [0.4, 0.5) is 24.5 Å². The van der Waals surface area contributed by atoms with Crippen molar-refractivity contribution in [3.8, 4) is 11.5 Å². The van der Waals surface area contributed by atoms with Crippen LogP contribution in [0.25, 0.3) is 0 Å². The summed E-state index contributed by atoms with van der Waals surface area (Å²) in [7, 11) is 1.46. The topological polar surface area (TPSA) is 110 Å². The van der Waals surface area contributed by atoms with Crippen molar-refractivity contribution in [2.24, 2.45) is 5.16 Å². The van der Waals surface area contributed by atoms with E-state index in [9.17, 15) is 27.9 Å². The fraction of sp³-hybridized carbons (Fsp3) is 0.300. The number of fused-ring (bicyclic) bond motifs is 1. The molecule has 1 aliphatic rings. The maximum absolute atomic E-state index is 14.1. The highest BCUT2D eigenvalue weighted by molar-refractivity contribution is 6.30. The zero-order valence-corrected chi connectivity index (χ0v) is 24.4. The summed E-state index contributed by atoms with van der Waals surface area (Å²) in [6, 6.07) is 14.5. The van der Waals surface area contributed by atoms with Gasteiger partial charge >= 0.3 is 12.3 Å². The fourth-order valence-electron chi connectivity index (χ4n) is 4.33. The summed E-state index contributed by atoms with van der Waals surface area (Å²) in [5.74, 6) is -1.63. The Balaban J connectivity index is 1.70. The second kappa shape index (κ2) is 12.4. The van der Waals surface area contributed by atoms with E-state index in [2.05, 4.69) is 15.2 Å². The SMILES string of the molecule is COc1cc(NC(C(=O)N2CCc3ccc(OC(F)(F)F)cc32)c2ccc(Cl)cc2)cc(C(C)=NOC(C)(C)C(=O)O)c1. The van der Waals surface area contributed by atoms with Crippen molar-refractivity contribution in [3.63, 3.8) is 0 Å². The molecule has 1 atom stereocenters. The van der Waals surface area contributed by atoms with Gasteiger partial charge in [0.25, 0.3) is 5.91 Å². The number of halogens is 4. The number of oxime groups is 1. The molecule has 0 aromatic heterocycles. The summed E-state index contributed by atoms with van der Waals surface area (Å²) >= 11 is 6.10. The van der Waals surface area contributed by atoms with E-state index in [4.69, 9.17) is 21.2 Å². The lowest BCUT2D eigenvalue weighted by Crippen LogP contribution is -2.37. The number of benzene rings is 3. The zero-order valence-electron chi connectivity index (χ0n) is 23.7. The number of nitrogens with one attached hydrogen (secondary N) is 1. The molecule has 0 bridgehead atoms. The number of rotatable bonds is 10. The standard InChI is InChI=1S/C30H29ClF3N3O6/c1-17(36-43-29(2,3)28(39)40)20-13-22(15-24(14-20)41-4)35-26(19-5-8-21(31)9-6-19)27(38)37-12-11-18-7-10-23(16-25(18)37)42-30(32,33)34/h5-10,13-16,26,35H,11-12H2,1-4H3,(H,39,40). The molecule has 1 amide bonds. The number of carboxylic acid groups (broad SMARTS) is 1. The van der Waals surface area contributed by atoms with Crippen molar-refractivity contribution in [1.82, 2.24) is 0 Å². The van der Waals surface area contributed by atoms with Crippen LogP contribution in [0.1, 0.15) is 43.5 Å². The van der Waals surface area contributed by atoms with Crippen molar-refractivity contribution in [3.05, 3.63) is 82.4 Å². The number of hydrogen-bond donors (Lipinski definition) is 2. The maximum atomic E-state index is 14.1. The van der Waals surface area contributed by atoms with Gasteiger partial charge in [0.05, 0.1) is 18.5 Å². The third kappa shape index (κ3) is 7.69. The monoisotopic (exact) mass is 619 g/mol. The van der Waals surface area contributed by atoms with Crippen molar-refractivity contribution in [2.45, 2.75) is 45.2 Å². The highest BCUT2D eigenvalue weighted by Crippen LogP contribution is 2.36. The highest BCUT2D eigenvalue weighted by atomic mass is 35.5. The largest absolute Gasteiger partial charge is 0.573 e. The Morgan fingerprint density at radius 3 is 2.37 bits per heavy atom. The third-order valence-corrected chi connectivity index (χ3v) is 6.95. The van der Waals surface area contributed by atoms with Crippen molar-refractivity contribution in [1.29, 1.82) is 0 Å². The van der Waals surface area contributed by atoms with Gasteiger partial charge in [-0.15, -0.1) is 13.2 Å². The predicted molar refractivity (Wildman–Crippen MR) is 155 cm³/mol. The van der Waals surface area contributed by atoms with E-state index in [1.807, 2.05) is 0 Å². The van der Waals surface area contributed by atoms with Gasteiger partial charge in [0.1, 0.15) is 17.5 Å². The van der Waals surface area contributed by atoms with E-state index in [0.717, 1.165) is 0 Å². The lowest BCUT2D eigenvalue weighted by Gasteiger charge is -2.27. The van der Waals surface area contributed by atoms with E-state index >= 15 is 0 Å².